The van der Waals surface area contributed by atoms with Gasteiger partial charge in [0.1, 0.15) is 5.60 Å². The van der Waals surface area contributed by atoms with Gasteiger partial charge in [0, 0.05) is 24.6 Å². The zero-order chi connectivity index (χ0) is 25.2. The molecule has 1 aliphatic rings. The summed E-state index contributed by atoms with van der Waals surface area (Å²) < 4.78 is 5.68. The number of nitrogens with one attached hydrogen (secondary N) is 3. The minimum absolute atomic E-state index is 0.00694. The monoisotopic (exact) mass is 477 g/mol. The topological polar surface area (TPSA) is 151 Å². The van der Waals surface area contributed by atoms with Gasteiger partial charge in [-0.15, -0.1) is 10.2 Å². The number of para-hydroxylation sites is 1. The van der Waals surface area contributed by atoms with Gasteiger partial charge < -0.3 is 25.8 Å². The standard InChI is InChI=1S/C24H27N7O4/c1-24(2,34)18-11-10-15(28-29-18)14-6-5-7-16(21(14)35-4)26-17-12-19(27-22(32)13-8-9-13)30-31-20(17)23(33)25-3/h5-7,10-13,34H,8-9H2,1-4H3,(H,25,33)(H2,26,27,30,32). The SMILES string of the molecule is CNC(=O)c1nnc(NC(=O)C2CC2)cc1Nc1cccc(-c2ccc(C(C)(C)O)nn2)c1OC. The van der Waals surface area contributed by atoms with Gasteiger partial charge in [0.2, 0.25) is 5.91 Å². The van der Waals surface area contributed by atoms with Crippen LogP contribution in [0.5, 0.6) is 5.75 Å². The Kier molecular flexibility index (Phi) is 6.61. The van der Waals surface area contributed by atoms with Crippen molar-refractivity contribution in [3.8, 4) is 17.0 Å². The molecule has 0 atom stereocenters. The van der Waals surface area contributed by atoms with Gasteiger partial charge in [-0.25, -0.2) is 0 Å². The number of methoxy groups -OCH3 is 1. The number of ether oxygens (including phenoxy) is 1. The molecular formula is C24H27N7O4. The van der Waals surface area contributed by atoms with Crippen LogP contribution in [0.3, 0.4) is 0 Å². The molecule has 1 aromatic carbocycles. The Morgan fingerprint density at radius 1 is 1.06 bits per heavy atom. The van der Waals surface area contributed by atoms with Crippen molar-refractivity contribution in [2.45, 2.75) is 32.3 Å². The summed E-state index contributed by atoms with van der Waals surface area (Å²) in [6.07, 6.45) is 1.70. The third kappa shape index (κ3) is 5.35. The number of anilines is 3. The quantitative estimate of drug-likeness (QED) is 0.384. The van der Waals surface area contributed by atoms with Crippen molar-refractivity contribution < 1.29 is 19.4 Å². The first kappa shape index (κ1) is 24.0. The van der Waals surface area contributed by atoms with E-state index in [0.29, 0.717) is 34.1 Å². The number of nitrogens with zero attached hydrogens (tertiary/aromatic N) is 4. The second kappa shape index (κ2) is 9.63. The second-order valence-electron chi connectivity index (χ2n) is 8.71. The van der Waals surface area contributed by atoms with Crippen LogP contribution in [0.2, 0.25) is 0 Å². The number of aliphatic hydroxyl groups is 1. The Hall–Kier alpha value is -4.12. The minimum atomic E-state index is -1.11. The van der Waals surface area contributed by atoms with Crippen LogP contribution >= 0.6 is 0 Å². The lowest BCUT2D eigenvalue weighted by Gasteiger charge is -2.18. The van der Waals surface area contributed by atoms with Crippen molar-refractivity contribution in [1.82, 2.24) is 25.7 Å². The van der Waals surface area contributed by atoms with E-state index >= 15 is 0 Å². The molecule has 2 aromatic heterocycles. The van der Waals surface area contributed by atoms with E-state index in [1.807, 2.05) is 6.07 Å². The molecule has 4 N–H and O–H groups in total. The normalized spacial score (nSPS) is 13.2. The molecule has 2 heterocycles. The Morgan fingerprint density at radius 3 is 2.43 bits per heavy atom. The van der Waals surface area contributed by atoms with Gasteiger partial charge in [-0.3, -0.25) is 9.59 Å². The van der Waals surface area contributed by atoms with Crippen LogP contribution in [0.1, 0.15) is 42.9 Å². The van der Waals surface area contributed by atoms with Crippen molar-refractivity contribution in [2.75, 3.05) is 24.8 Å². The zero-order valence-electron chi connectivity index (χ0n) is 19.9. The lowest BCUT2D eigenvalue weighted by atomic mass is 10.0. The Morgan fingerprint density at radius 2 is 1.83 bits per heavy atom. The zero-order valence-corrected chi connectivity index (χ0v) is 19.9. The van der Waals surface area contributed by atoms with Crippen LogP contribution in [-0.4, -0.2) is 51.5 Å². The third-order valence-electron chi connectivity index (χ3n) is 5.49. The molecule has 35 heavy (non-hydrogen) atoms. The van der Waals surface area contributed by atoms with Crippen LogP contribution in [0.15, 0.2) is 36.4 Å². The number of benzene rings is 1. The molecule has 11 heteroatoms. The third-order valence-corrected chi connectivity index (χ3v) is 5.49. The lowest BCUT2D eigenvalue weighted by Crippen LogP contribution is -2.22. The average molecular weight is 478 g/mol. The molecule has 3 aromatic rings. The largest absolute Gasteiger partial charge is 0.494 e. The van der Waals surface area contributed by atoms with Crippen LogP contribution in [0, 0.1) is 5.92 Å². The molecule has 4 rings (SSSR count). The van der Waals surface area contributed by atoms with Crippen LogP contribution < -0.4 is 20.7 Å². The molecule has 1 fully saturated rings. The maximum absolute atomic E-state index is 12.4. The molecule has 182 valence electrons. The van der Waals surface area contributed by atoms with Crippen molar-refractivity contribution >= 4 is 29.0 Å². The highest BCUT2D eigenvalue weighted by Crippen LogP contribution is 2.38. The first-order valence-corrected chi connectivity index (χ1v) is 11.1. The molecule has 1 saturated carbocycles. The molecule has 0 radical (unpaired) electrons. The van der Waals surface area contributed by atoms with Crippen LogP contribution in [0.4, 0.5) is 17.2 Å². The Labute approximate surface area is 202 Å². The van der Waals surface area contributed by atoms with E-state index in [-0.39, 0.29) is 23.3 Å². The number of carbonyl (C=O) groups is 2. The van der Waals surface area contributed by atoms with E-state index in [9.17, 15) is 14.7 Å². The number of amides is 2. The van der Waals surface area contributed by atoms with Gasteiger partial charge in [-0.05, 0) is 51.0 Å². The molecule has 0 spiro atoms. The first-order valence-electron chi connectivity index (χ1n) is 11.1. The van der Waals surface area contributed by atoms with Crippen molar-refractivity contribution in [3.63, 3.8) is 0 Å². The van der Waals surface area contributed by atoms with Crippen molar-refractivity contribution in [2.24, 2.45) is 5.92 Å². The lowest BCUT2D eigenvalue weighted by molar-refractivity contribution is -0.117. The summed E-state index contributed by atoms with van der Waals surface area (Å²) in [5.41, 5.74) is 1.44. The fraction of sp³-hybridized carbons (Fsp3) is 0.333. The van der Waals surface area contributed by atoms with E-state index in [1.54, 1.807) is 44.2 Å². The van der Waals surface area contributed by atoms with Gasteiger partial charge in [0.25, 0.3) is 5.91 Å². The summed E-state index contributed by atoms with van der Waals surface area (Å²) >= 11 is 0. The summed E-state index contributed by atoms with van der Waals surface area (Å²) in [5.74, 6) is 0.127. The predicted octanol–water partition coefficient (Wildman–Crippen LogP) is 2.62. The summed E-state index contributed by atoms with van der Waals surface area (Å²) in [5, 5.41) is 35.0. The van der Waals surface area contributed by atoms with Crippen molar-refractivity contribution in [1.29, 1.82) is 0 Å². The summed E-state index contributed by atoms with van der Waals surface area (Å²) in [7, 11) is 3.02. The molecule has 0 unspecified atom stereocenters. The van der Waals surface area contributed by atoms with Gasteiger partial charge in [-0.2, -0.15) is 10.2 Å². The highest BCUT2D eigenvalue weighted by molar-refractivity contribution is 6.00. The first-order chi connectivity index (χ1) is 16.7. The van der Waals surface area contributed by atoms with Gasteiger partial charge >= 0.3 is 0 Å². The molecule has 0 bridgehead atoms. The molecule has 11 nitrogen and oxygen atoms in total. The minimum Gasteiger partial charge on any atom is -0.494 e. The Balaban J connectivity index is 1.70. The second-order valence-corrected chi connectivity index (χ2v) is 8.71. The number of hydrogen-bond acceptors (Lipinski definition) is 9. The summed E-state index contributed by atoms with van der Waals surface area (Å²) in [6, 6.07) is 10.4. The smallest absolute Gasteiger partial charge is 0.273 e. The van der Waals surface area contributed by atoms with E-state index in [4.69, 9.17) is 4.74 Å². The summed E-state index contributed by atoms with van der Waals surface area (Å²) in [4.78, 5) is 24.6. The number of carbonyl (C=O) groups excluding carboxylic acids is 2. The fourth-order valence-corrected chi connectivity index (χ4v) is 3.41. The van der Waals surface area contributed by atoms with Gasteiger partial charge in [0.15, 0.2) is 17.3 Å². The molecule has 1 aliphatic carbocycles. The molecule has 2 amide bonds. The number of rotatable bonds is 8. The molecule has 0 saturated heterocycles. The van der Waals surface area contributed by atoms with Crippen molar-refractivity contribution in [3.05, 3.63) is 47.8 Å². The van der Waals surface area contributed by atoms with Crippen LogP contribution in [-0.2, 0) is 10.4 Å². The number of aromatic nitrogens is 4. The Bertz CT molecular complexity index is 1250. The van der Waals surface area contributed by atoms with E-state index in [0.717, 1.165) is 12.8 Å². The van der Waals surface area contributed by atoms with E-state index in [1.165, 1.54) is 14.2 Å². The van der Waals surface area contributed by atoms with Gasteiger partial charge in [-0.1, -0.05) is 6.07 Å². The fourth-order valence-electron chi connectivity index (χ4n) is 3.41. The van der Waals surface area contributed by atoms with E-state index in [2.05, 4.69) is 36.3 Å². The molecule has 0 aliphatic heterocycles. The average Bonchev–Trinajstić information content (AvgIpc) is 3.69. The maximum atomic E-state index is 12.4. The van der Waals surface area contributed by atoms with Gasteiger partial charge in [0.05, 0.1) is 29.9 Å². The summed E-state index contributed by atoms with van der Waals surface area (Å²) in [6.45, 7) is 3.27. The predicted molar refractivity (Wildman–Crippen MR) is 129 cm³/mol. The highest BCUT2D eigenvalue weighted by atomic mass is 16.5. The van der Waals surface area contributed by atoms with Crippen LogP contribution in [0.25, 0.3) is 11.3 Å². The highest BCUT2D eigenvalue weighted by Gasteiger charge is 2.30. The molecular weight excluding hydrogens is 450 g/mol. The maximum Gasteiger partial charge on any atom is 0.273 e. The number of hydrogen-bond donors (Lipinski definition) is 4. The van der Waals surface area contributed by atoms with E-state index < -0.39 is 11.5 Å².